The smallest absolute Gasteiger partial charge is 0.265 e. The van der Waals surface area contributed by atoms with Crippen LogP contribution in [-0.4, -0.2) is 0 Å². The third kappa shape index (κ3) is 2.94. The molecule has 2 aromatic rings. The summed E-state index contributed by atoms with van der Waals surface area (Å²) < 4.78 is 25.6. The van der Waals surface area contributed by atoms with Gasteiger partial charge in [0.1, 0.15) is 0 Å². The summed E-state index contributed by atoms with van der Waals surface area (Å²) in [5, 5.41) is 6.93. The van der Waals surface area contributed by atoms with Crippen molar-refractivity contribution >= 4 is 22.7 Å². The molecule has 0 aliphatic heterocycles. The zero-order valence-electron chi connectivity index (χ0n) is 8.99. The minimum atomic E-state index is -2.52. The molecule has 0 aliphatic carbocycles. The SMILES string of the molecule is Nc1ccc(NCc2ccsc2)c(C(F)F)c1. The maximum absolute atomic E-state index is 12.8. The quantitative estimate of drug-likeness (QED) is 0.812. The van der Waals surface area contributed by atoms with Crippen molar-refractivity contribution in [2.75, 3.05) is 11.1 Å². The summed E-state index contributed by atoms with van der Waals surface area (Å²) in [5.41, 5.74) is 7.30. The Morgan fingerprint density at radius 2 is 2.12 bits per heavy atom. The lowest BCUT2D eigenvalue weighted by atomic mass is 10.1. The molecule has 0 saturated heterocycles. The predicted molar refractivity (Wildman–Crippen MR) is 67.5 cm³/mol. The van der Waals surface area contributed by atoms with Crippen LogP contribution in [0.5, 0.6) is 0 Å². The van der Waals surface area contributed by atoms with Gasteiger partial charge in [0.15, 0.2) is 0 Å². The number of alkyl halides is 2. The van der Waals surface area contributed by atoms with Crippen molar-refractivity contribution in [2.24, 2.45) is 0 Å². The summed E-state index contributed by atoms with van der Waals surface area (Å²) in [6.07, 6.45) is -2.52. The fourth-order valence-electron chi connectivity index (χ4n) is 1.51. The lowest BCUT2D eigenvalue weighted by Gasteiger charge is -2.11. The number of nitrogen functional groups attached to an aromatic ring is 1. The van der Waals surface area contributed by atoms with Gasteiger partial charge in [0.25, 0.3) is 6.43 Å². The summed E-state index contributed by atoms with van der Waals surface area (Å²) in [6, 6.07) is 6.46. The molecule has 1 aromatic heterocycles. The molecule has 17 heavy (non-hydrogen) atoms. The fraction of sp³-hybridized carbons (Fsp3) is 0.167. The average molecular weight is 254 g/mol. The van der Waals surface area contributed by atoms with Crippen LogP contribution in [0.25, 0.3) is 0 Å². The van der Waals surface area contributed by atoms with Crippen LogP contribution in [0.3, 0.4) is 0 Å². The van der Waals surface area contributed by atoms with Crippen LogP contribution in [0.1, 0.15) is 17.6 Å². The largest absolute Gasteiger partial charge is 0.399 e. The first kappa shape index (κ1) is 11.9. The molecule has 5 heteroatoms. The number of hydrogen-bond donors (Lipinski definition) is 2. The van der Waals surface area contributed by atoms with Crippen molar-refractivity contribution < 1.29 is 8.78 Å². The molecular formula is C12H12F2N2S. The van der Waals surface area contributed by atoms with Crippen molar-refractivity contribution in [2.45, 2.75) is 13.0 Å². The van der Waals surface area contributed by atoms with E-state index in [-0.39, 0.29) is 5.56 Å². The zero-order chi connectivity index (χ0) is 12.3. The average Bonchev–Trinajstić information content (AvgIpc) is 2.80. The van der Waals surface area contributed by atoms with E-state index in [1.807, 2.05) is 16.8 Å². The molecule has 0 atom stereocenters. The van der Waals surface area contributed by atoms with Crippen LogP contribution >= 0.6 is 11.3 Å². The summed E-state index contributed by atoms with van der Waals surface area (Å²) in [5.74, 6) is 0. The molecular weight excluding hydrogens is 242 g/mol. The van der Waals surface area contributed by atoms with E-state index in [1.54, 1.807) is 23.5 Å². The molecule has 0 aliphatic rings. The molecule has 0 fully saturated rings. The van der Waals surface area contributed by atoms with E-state index < -0.39 is 6.43 Å². The van der Waals surface area contributed by atoms with Gasteiger partial charge in [-0.2, -0.15) is 11.3 Å². The van der Waals surface area contributed by atoms with E-state index in [0.29, 0.717) is 17.9 Å². The molecule has 0 unspecified atom stereocenters. The Balaban J connectivity index is 2.14. The predicted octanol–water partition coefficient (Wildman–Crippen LogP) is 3.88. The Hall–Kier alpha value is -1.62. The summed E-state index contributed by atoms with van der Waals surface area (Å²) in [4.78, 5) is 0. The van der Waals surface area contributed by atoms with E-state index in [4.69, 9.17) is 5.73 Å². The van der Waals surface area contributed by atoms with Crippen molar-refractivity contribution in [3.8, 4) is 0 Å². The molecule has 1 heterocycles. The van der Waals surface area contributed by atoms with Gasteiger partial charge in [0.05, 0.1) is 0 Å². The number of halogens is 2. The topological polar surface area (TPSA) is 38.0 Å². The van der Waals surface area contributed by atoms with E-state index >= 15 is 0 Å². The first-order valence-corrected chi connectivity index (χ1v) is 6.03. The lowest BCUT2D eigenvalue weighted by molar-refractivity contribution is 0.152. The second-order valence-corrected chi connectivity index (χ2v) is 4.41. The Morgan fingerprint density at radius 1 is 1.29 bits per heavy atom. The Bertz CT molecular complexity index is 483. The van der Waals surface area contributed by atoms with Gasteiger partial charge in [0.2, 0.25) is 0 Å². The van der Waals surface area contributed by atoms with Gasteiger partial charge in [-0.05, 0) is 40.6 Å². The molecule has 0 spiro atoms. The highest BCUT2D eigenvalue weighted by Gasteiger charge is 2.13. The van der Waals surface area contributed by atoms with Gasteiger partial charge in [-0.25, -0.2) is 8.78 Å². The minimum absolute atomic E-state index is 0.0553. The zero-order valence-corrected chi connectivity index (χ0v) is 9.81. The number of thiophene rings is 1. The molecule has 0 radical (unpaired) electrons. The molecule has 0 bridgehead atoms. The van der Waals surface area contributed by atoms with Gasteiger partial charge >= 0.3 is 0 Å². The highest BCUT2D eigenvalue weighted by molar-refractivity contribution is 7.07. The Kier molecular flexibility index (Phi) is 3.58. The third-order valence-electron chi connectivity index (χ3n) is 2.37. The van der Waals surface area contributed by atoms with Crippen molar-refractivity contribution in [1.82, 2.24) is 0 Å². The third-order valence-corrected chi connectivity index (χ3v) is 3.11. The van der Waals surface area contributed by atoms with Crippen LogP contribution in [0.15, 0.2) is 35.0 Å². The van der Waals surface area contributed by atoms with Crippen LogP contribution in [-0.2, 0) is 6.54 Å². The van der Waals surface area contributed by atoms with Crippen LogP contribution < -0.4 is 11.1 Å². The van der Waals surface area contributed by atoms with Gasteiger partial charge in [0, 0.05) is 23.5 Å². The van der Waals surface area contributed by atoms with Gasteiger partial charge in [-0.1, -0.05) is 0 Å². The van der Waals surface area contributed by atoms with Gasteiger partial charge in [-0.3, -0.25) is 0 Å². The second-order valence-electron chi connectivity index (χ2n) is 3.63. The Labute approximate surface area is 102 Å². The first-order valence-electron chi connectivity index (χ1n) is 5.09. The summed E-state index contributed by atoms with van der Waals surface area (Å²) in [6.45, 7) is 0.535. The number of benzene rings is 1. The molecule has 90 valence electrons. The number of nitrogens with two attached hydrogens (primary N) is 1. The van der Waals surface area contributed by atoms with Crippen LogP contribution in [0.4, 0.5) is 20.2 Å². The lowest BCUT2D eigenvalue weighted by Crippen LogP contribution is -2.02. The Morgan fingerprint density at radius 3 is 2.76 bits per heavy atom. The maximum Gasteiger partial charge on any atom is 0.265 e. The van der Waals surface area contributed by atoms with Crippen LogP contribution in [0, 0.1) is 0 Å². The summed E-state index contributed by atoms with van der Waals surface area (Å²) in [7, 11) is 0. The molecule has 0 saturated carbocycles. The molecule has 0 amide bonds. The van der Waals surface area contributed by atoms with Gasteiger partial charge in [-0.15, -0.1) is 0 Å². The molecule has 1 aromatic carbocycles. The number of rotatable bonds is 4. The monoisotopic (exact) mass is 254 g/mol. The normalized spacial score (nSPS) is 10.8. The molecule has 3 N–H and O–H groups in total. The minimum Gasteiger partial charge on any atom is -0.399 e. The van der Waals surface area contributed by atoms with E-state index in [0.717, 1.165) is 5.56 Å². The standard InChI is InChI=1S/C12H12F2N2S/c13-12(14)10-5-9(15)1-2-11(10)16-6-8-3-4-17-7-8/h1-5,7,12,16H,6,15H2. The van der Waals surface area contributed by atoms with Gasteiger partial charge < -0.3 is 11.1 Å². The fourth-order valence-corrected chi connectivity index (χ4v) is 2.18. The molecule has 2 nitrogen and oxygen atoms in total. The maximum atomic E-state index is 12.8. The first-order chi connectivity index (χ1) is 8.16. The number of nitrogens with one attached hydrogen (secondary N) is 1. The number of hydrogen-bond acceptors (Lipinski definition) is 3. The van der Waals surface area contributed by atoms with E-state index in [9.17, 15) is 8.78 Å². The second kappa shape index (κ2) is 5.14. The summed E-state index contributed by atoms with van der Waals surface area (Å²) >= 11 is 1.58. The van der Waals surface area contributed by atoms with Crippen LogP contribution in [0.2, 0.25) is 0 Å². The molecule has 2 rings (SSSR count). The van der Waals surface area contributed by atoms with Crippen molar-refractivity contribution in [3.05, 3.63) is 46.2 Å². The van der Waals surface area contributed by atoms with E-state index in [2.05, 4.69) is 5.32 Å². The highest BCUT2D eigenvalue weighted by Crippen LogP contribution is 2.29. The highest BCUT2D eigenvalue weighted by atomic mass is 32.1. The number of anilines is 2. The van der Waals surface area contributed by atoms with Crippen molar-refractivity contribution in [1.29, 1.82) is 0 Å². The van der Waals surface area contributed by atoms with Crippen molar-refractivity contribution in [3.63, 3.8) is 0 Å². The van der Waals surface area contributed by atoms with E-state index in [1.165, 1.54) is 6.07 Å².